The van der Waals surface area contributed by atoms with Gasteiger partial charge in [0.2, 0.25) is 0 Å². The Hall–Kier alpha value is -2.63. The Morgan fingerprint density at radius 2 is 2.05 bits per heavy atom. The molecule has 0 unspecified atom stereocenters. The van der Waals surface area contributed by atoms with Crippen LogP contribution in [0.2, 0.25) is 0 Å². The van der Waals surface area contributed by atoms with Crippen LogP contribution in [0.15, 0.2) is 35.3 Å². The summed E-state index contributed by atoms with van der Waals surface area (Å²) < 4.78 is 14.0. The van der Waals surface area contributed by atoms with Gasteiger partial charge in [0.1, 0.15) is 17.1 Å². The monoisotopic (exact) mass is 303 g/mol. The number of anilines is 2. The highest BCUT2D eigenvalue weighted by atomic mass is 19.1. The molecule has 1 amide bonds. The highest BCUT2D eigenvalue weighted by Gasteiger charge is 2.16. The molecule has 1 aromatic carbocycles. The van der Waals surface area contributed by atoms with Crippen molar-refractivity contribution in [3.63, 3.8) is 0 Å². The zero-order chi connectivity index (χ0) is 16.3. The second kappa shape index (κ2) is 6.43. The number of pyridine rings is 1. The van der Waals surface area contributed by atoms with E-state index in [1.807, 2.05) is 13.8 Å². The maximum Gasteiger partial charge on any atom is 0.261 e. The number of hydrogen-bond donors (Lipinski definition) is 3. The van der Waals surface area contributed by atoms with Crippen LogP contribution < -0.4 is 16.1 Å². The van der Waals surface area contributed by atoms with Crippen molar-refractivity contribution in [2.75, 3.05) is 10.6 Å². The molecule has 0 bridgehead atoms. The smallest absolute Gasteiger partial charge is 0.261 e. The van der Waals surface area contributed by atoms with Gasteiger partial charge in [0.15, 0.2) is 5.43 Å². The number of rotatable bonds is 4. The van der Waals surface area contributed by atoms with E-state index < -0.39 is 17.2 Å². The Bertz CT molecular complexity index is 753. The number of aryl methyl sites for hydroxylation is 1. The second-order valence-electron chi connectivity index (χ2n) is 5.31. The topological polar surface area (TPSA) is 74.0 Å². The van der Waals surface area contributed by atoms with Crippen LogP contribution in [-0.4, -0.2) is 16.9 Å². The molecule has 0 saturated heterocycles. The average molecular weight is 303 g/mol. The van der Waals surface area contributed by atoms with Crippen molar-refractivity contribution in [3.8, 4) is 0 Å². The minimum Gasteiger partial charge on any atom is -0.381 e. The highest BCUT2D eigenvalue weighted by molar-refractivity contribution is 6.05. The molecular weight excluding hydrogens is 285 g/mol. The number of nitrogens with one attached hydrogen (secondary N) is 3. The molecule has 0 spiro atoms. The number of amides is 1. The quantitative estimate of drug-likeness (QED) is 0.813. The van der Waals surface area contributed by atoms with E-state index in [1.54, 1.807) is 19.1 Å². The first-order valence-electron chi connectivity index (χ1n) is 6.94. The van der Waals surface area contributed by atoms with Crippen LogP contribution in [0.25, 0.3) is 0 Å². The van der Waals surface area contributed by atoms with Crippen LogP contribution >= 0.6 is 0 Å². The van der Waals surface area contributed by atoms with Crippen LogP contribution in [-0.2, 0) is 0 Å². The van der Waals surface area contributed by atoms with Gasteiger partial charge in [-0.25, -0.2) is 4.39 Å². The van der Waals surface area contributed by atoms with E-state index in [2.05, 4.69) is 15.6 Å². The SMILES string of the molecule is Cc1cc(=O)c(C(=O)Nc2c(F)cccc2NC(C)C)c[nH]1. The largest absolute Gasteiger partial charge is 0.381 e. The third kappa shape index (κ3) is 3.52. The Labute approximate surface area is 127 Å². The lowest BCUT2D eigenvalue weighted by Crippen LogP contribution is -2.23. The molecule has 0 fully saturated rings. The maximum absolute atomic E-state index is 14.0. The molecule has 2 rings (SSSR count). The van der Waals surface area contributed by atoms with Gasteiger partial charge in [-0.05, 0) is 32.9 Å². The summed E-state index contributed by atoms with van der Waals surface area (Å²) in [4.78, 5) is 26.8. The number of aromatic nitrogens is 1. The summed E-state index contributed by atoms with van der Waals surface area (Å²) in [5.41, 5.74) is 0.662. The number of carbonyl (C=O) groups is 1. The van der Waals surface area contributed by atoms with Crippen LogP contribution in [0.3, 0.4) is 0 Å². The van der Waals surface area contributed by atoms with Gasteiger partial charge in [0, 0.05) is 24.0 Å². The number of aromatic amines is 1. The van der Waals surface area contributed by atoms with E-state index in [-0.39, 0.29) is 17.3 Å². The van der Waals surface area contributed by atoms with E-state index in [1.165, 1.54) is 18.3 Å². The van der Waals surface area contributed by atoms with Crippen molar-refractivity contribution >= 4 is 17.3 Å². The van der Waals surface area contributed by atoms with E-state index in [4.69, 9.17) is 0 Å². The van der Waals surface area contributed by atoms with Gasteiger partial charge >= 0.3 is 0 Å². The van der Waals surface area contributed by atoms with Crippen molar-refractivity contribution in [3.05, 3.63) is 57.8 Å². The van der Waals surface area contributed by atoms with Crippen molar-refractivity contribution < 1.29 is 9.18 Å². The lowest BCUT2D eigenvalue weighted by atomic mass is 10.2. The zero-order valence-corrected chi connectivity index (χ0v) is 12.7. The average Bonchev–Trinajstić information content (AvgIpc) is 2.41. The fourth-order valence-corrected chi connectivity index (χ4v) is 2.01. The summed E-state index contributed by atoms with van der Waals surface area (Å²) in [5, 5.41) is 5.52. The first-order valence-corrected chi connectivity index (χ1v) is 6.94. The molecule has 0 atom stereocenters. The molecule has 1 heterocycles. The molecule has 1 aromatic heterocycles. The minimum atomic E-state index is -0.654. The first-order chi connectivity index (χ1) is 10.4. The predicted molar refractivity (Wildman–Crippen MR) is 84.9 cm³/mol. The first kappa shape index (κ1) is 15.8. The second-order valence-corrected chi connectivity index (χ2v) is 5.31. The number of carbonyl (C=O) groups excluding carboxylic acids is 1. The van der Waals surface area contributed by atoms with E-state index >= 15 is 0 Å². The lowest BCUT2D eigenvalue weighted by molar-refractivity contribution is 0.102. The van der Waals surface area contributed by atoms with Crippen LogP contribution in [0.1, 0.15) is 29.9 Å². The van der Waals surface area contributed by atoms with Gasteiger partial charge in [0.05, 0.1) is 5.69 Å². The van der Waals surface area contributed by atoms with Crippen LogP contribution in [0, 0.1) is 12.7 Å². The van der Waals surface area contributed by atoms with Gasteiger partial charge in [-0.3, -0.25) is 9.59 Å². The number of H-pyrrole nitrogens is 1. The zero-order valence-electron chi connectivity index (χ0n) is 12.7. The summed E-state index contributed by atoms with van der Waals surface area (Å²) in [6.45, 7) is 5.52. The molecule has 0 aliphatic heterocycles. The standard InChI is InChI=1S/C16H18FN3O2/c1-9(2)19-13-6-4-5-12(17)15(13)20-16(22)11-8-18-10(3)7-14(11)21/h4-9,19H,1-3H3,(H,18,21)(H,20,22). The Balaban J connectivity index is 2.34. The molecule has 6 heteroatoms. The van der Waals surface area contributed by atoms with Crippen molar-refractivity contribution in [1.29, 1.82) is 0 Å². The normalized spacial score (nSPS) is 10.6. The molecular formula is C16H18FN3O2. The van der Waals surface area contributed by atoms with E-state index in [9.17, 15) is 14.0 Å². The summed E-state index contributed by atoms with van der Waals surface area (Å²) >= 11 is 0. The van der Waals surface area contributed by atoms with Crippen molar-refractivity contribution in [2.24, 2.45) is 0 Å². The van der Waals surface area contributed by atoms with Gasteiger partial charge in [-0.15, -0.1) is 0 Å². The molecule has 22 heavy (non-hydrogen) atoms. The summed E-state index contributed by atoms with van der Waals surface area (Å²) in [7, 11) is 0. The summed E-state index contributed by atoms with van der Waals surface area (Å²) in [5.74, 6) is -1.22. The molecule has 0 saturated carbocycles. The molecule has 0 radical (unpaired) electrons. The lowest BCUT2D eigenvalue weighted by Gasteiger charge is -2.16. The van der Waals surface area contributed by atoms with Crippen molar-refractivity contribution in [2.45, 2.75) is 26.8 Å². The summed E-state index contributed by atoms with van der Waals surface area (Å²) in [6, 6.07) is 5.86. The van der Waals surface area contributed by atoms with Gasteiger partial charge in [-0.2, -0.15) is 0 Å². The van der Waals surface area contributed by atoms with Crippen LogP contribution in [0.5, 0.6) is 0 Å². The van der Waals surface area contributed by atoms with Gasteiger partial charge in [0.25, 0.3) is 5.91 Å². The van der Waals surface area contributed by atoms with Crippen molar-refractivity contribution in [1.82, 2.24) is 4.98 Å². The highest BCUT2D eigenvalue weighted by Crippen LogP contribution is 2.26. The molecule has 5 nitrogen and oxygen atoms in total. The maximum atomic E-state index is 14.0. The van der Waals surface area contributed by atoms with E-state index in [0.717, 1.165) is 0 Å². The third-order valence-corrected chi connectivity index (χ3v) is 3.00. The molecule has 0 aliphatic rings. The summed E-state index contributed by atoms with van der Waals surface area (Å²) in [6.07, 6.45) is 1.32. The third-order valence-electron chi connectivity index (χ3n) is 3.00. The Morgan fingerprint density at radius 3 is 2.68 bits per heavy atom. The van der Waals surface area contributed by atoms with Gasteiger partial charge < -0.3 is 15.6 Å². The van der Waals surface area contributed by atoms with Crippen LogP contribution in [0.4, 0.5) is 15.8 Å². The molecule has 0 aliphatic carbocycles. The number of halogens is 1. The Morgan fingerprint density at radius 1 is 1.32 bits per heavy atom. The molecule has 3 N–H and O–H groups in total. The molecule has 2 aromatic rings. The number of para-hydroxylation sites is 1. The number of hydrogen-bond acceptors (Lipinski definition) is 3. The predicted octanol–water partition coefficient (Wildman–Crippen LogP) is 2.90. The Kier molecular flexibility index (Phi) is 4.60. The fraction of sp³-hybridized carbons (Fsp3) is 0.250. The molecule has 116 valence electrons. The fourth-order valence-electron chi connectivity index (χ4n) is 2.01. The minimum absolute atomic E-state index is 0.0289. The van der Waals surface area contributed by atoms with Gasteiger partial charge in [-0.1, -0.05) is 6.07 Å². The van der Waals surface area contributed by atoms with E-state index in [0.29, 0.717) is 11.4 Å². The number of benzene rings is 1.